The molecule has 1 amide bonds. The molecule has 0 atom stereocenters. The van der Waals surface area contributed by atoms with E-state index >= 15 is 0 Å². The van der Waals surface area contributed by atoms with Gasteiger partial charge >= 0.3 is 0 Å². The number of aliphatic hydroxyl groups is 1. The molecule has 0 saturated heterocycles. The lowest BCUT2D eigenvalue weighted by Crippen LogP contribution is -2.57. The first-order chi connectivity index (χ1) is 14.0. The maximum atomic E-state index is 12.8. The van der Waals surface area contributed by atoms with Gasteiger partial charge in [0, 0.05) is 29.9 Å². The van der Waals surface area contributed by atoms with E-state index in [0.29, 0.717) is 11.5 Å². The summed E-state index contributed by atoms with van der Waals surface area (Å²) in [5.41, 5.74) is 2.25. The zero-order valence-electron chi connectivity index (χ0n) is 16.6. The molecular formula is C22H25N5O2. The number of rotatable bonds is 4. The van der Waals surface area contributed by atoms with E-state index < -0.39 is 0 Å². The van der Waals surface area contributed by atoms with Crippen LogP contribution in [0.4, 0.5) is 0 Å². The van der Waals surface area contributed by atoms with Crippen molar-refractivity contribution < 1.29 is 9.90 Å². The van der Waals surface area contributed by atoms with E-state index in [0.717, 1.165) is 55.1 Å². The number of hydrogen-bond acceptors (Lipinski definition) is 5. The van der Waals surface area contributed by atoms with Crippen molar-refractivity contribution in [3.05, 3.63) is 47.9 Å². The zero-order valence-corrected chi connectivity index (χ0v) is 16.6. The number of amides is 1. The number of fused-ring (bicyclic) bond motifs is 4. The van der Waals surface area contributed by atoms with Crippen LogP contribution in [-0.4, -0.2) is 42.9 Å². The van der Waals surface area contributed by atoms with Gasteiger partial charge in [-0.05, 0) is 56.9 Å². The maximum absolute atomic E-state index is 12.8. The summed E-state index contributed by atoms with van der Waals surface area (Å²) in [6, 6.07) is 7.95. The van der Waals surface area contributed by atoms with Crippen LogP contribution in [0.15, 0.2) is 36.7 Å². The summed E-state index contributed by atoms with van der Waals surface area (Å²) in [5.74, 6) is 0.323. The summed E-state index contributed by atoms with van der Waals surface area (Å²) in [5, 5.41) is 18.5. The summed E-state index contributed by atoms with van der Waals surface area (Å²) in [7, 11) is 0. The van der Waals surface area contributed by atoms with Gasteiger partial charge < -0.3 is 10.4 Å². The fourth-order valence-corrected chi connectivity index (χ4v) is 4.92. The molecule has 7 nitrogen and oxygen atoms in total. The number of nitrogens with one attached hydrogen (secondary N) is 1. The average molecular weight is 391 g/mol. The third-order valence-electron chi connectivity index (χ3n) is 6.98. The molecule has 2 N–H and O–H groups in total. The van der Waals surface area contributed by atoms with E-state index in [1.807, 2.05) is 31.2 Å². The number of para-hydroxylation sites is 1. The highest BCUT2D eigenvalue weighted by Crippen LogP contribution is 2.52. The molecule has 0 radical (unpaired) electrons. The van der Waals surface area contributed by atoms with Crippen LogP contribution in [0.1, 0.15) is 54.6 Å². The van der Waals surface area contributed by atoms with Gasteiger partial charge in [0.2, 0.25) is 0 Å². The molecule has 3 saturated carbocycles. The van der Waals surface area contributed by atoms with E-state index in [1.165, 1.54) is 0 Å². The number of aliphatic hydroxyl groups excluding tert-OH is 1. The first kappa shape index (κ1) is 18.2. The Kier molecular flexibility index (Phi) is 4.17. The number of benzene rings is 1. The van der Waals surface area contributed by atoms with E-state index in [2.05, 4.69) is 20.4 Å². The molecule has 150 valence electrons. The molecule has 3 fully saturated rings. The number of hydrogen-bond donors (Lipinski definition) is 2. The molecule has 2 aromatic heterocycles. The molecule has 0 unspecified atom stereocenters. The predicted molar refractivity (Wildman–Crippen MR) is 109 cm³/mol. The Morgan fingerprint density at radius 3 is 2.41 bits per heavy atom. The van der Waals surface area contributed by atoms with Crippen molar-refractivity contribution in [1.29, 1.82) is 0 Å². The smallest absolute Gasteiger partial charge is 0.254 e. The molecule has 7 heteroatoms. The van der Waals surface area contributed by atoms with Crippen LogP contribution in [0.2, 0.25) is 0 Å². The van der Waals surface area contributed by atoms with Gasteiger partial charge in [0.15, 0.2) is 0 Å². The summed E-state index contributed by atoms with van der Waals surface area (Å²) in [6.07, 6.45) is 8.86. The lowest BCUT2D eigenvalue weighted by molar-refractivity contribution is -0.0152. The summed E-state index contributed by atoms with van der Waals surface area (Å²) < 4.78 is 1.71. The monoisotopic (exact) mass is 391 g/mol. The van der Waals surface area contributed by atoms with Crippen molar-refractivity contribution in [2.24, 2.45) is 5.41 Å². The van der Waals surface area contributed by atoms with Crippen LogP contribution in [0.25, 0.3) is 16.9 Å². The largest absolute Gasteiger partial charge is 0.396 e. The van der Waals surface area contributed by atoms with Gasteiger partial charge in [-0.3, -0.25) is 4.79 Å². The van der Waals surface area contributed by atoms with Gasteiger partial charge in [0.1, 0.15) is 0 Å². The number of aryl methyl sites for hydroxylation is 1. The Bertz CT molecular complexity index is 1050. The topological polar surface area (TPSA) is 92.9 Å². The van der Waals surface area contributed by atoms with Gasteiger partial charge in [-0.2, -0.15) is 9.78 Å². The Morgan fingerprint density at radius 2 is 1.76 bits per heavy atom. The first-order valence-corrected chi connectivity index (χ1v) is 10.2. The first-order valence-electron chi connectivity index (χ1n) is 10.2. The van der Waals surface area contributed by atoms with Crippen LogP contribution < -0.4 is 5.32 Å². The Morgan fingerprint density at radius 1 is 1.10 bits per heavy atom. The lowest BCUT2D eigenvalue weighted by Gasteiger charge is -2.53. The van der Waals surface area contributed by atoms with Crippen molar-refractivity contribution in [2.75, 3.05) is 6.61 Å². The maximum Gasteiger partial charge on any atom is 0.254 e. The second-order valence-electron chi connectivity index (χ2n) is 8.68. The normalized spacial score (nSPS) is 26.0. The summed E-state index contributed by atoms with van der Waals surface area (Å²) >= 11 is 0. The molecule has 3 aromatic rings. The molecule has 6 rings (SSSR count). The quantitative estimate of drug-likeness (QED) is 0.713. The Balaban J connectivity index is 1.35. The fraction of sp³-hybridized carbons (Fsp3) is 0.455. The van der Waals surface area contributed by atoms with Crippen LogP contribution in [0.5, 0.6) is 0 Å². The zero-order chi connectivity index (χ0) is 20.1. The molecule has 2 heterocycles. The number of nitrogens with zero attached hydrogens (tertiary/aromatic N) is 4. The Labute approximate surface area is 169 Å². The molecule has 2 bridgehead atoms. The van der Waals surface area contributed by atoms with Gasteiger partial charge in [0.05, 0.1) is 16.8 Å². The fourth-order valence-electron chi connectivity index (χ4n) is 4.92. The van der Waals surface area contributed by atoms with Crippen molar-refractivity contribution in [3.8, 4) is 5.95 Å². The molecule has 0 spiro atoms. The third kappa shape index (κ3) is 3.00. The second-order valence-corrected chi connectivity index (χ2v) is 8.68. The number of aromatic nitrogens is 4. The molecule has 3 aliphatic carbocycles. The molecule has 29 heavy (non-hydrogen) atoms. The Hall–Kier alpha value is -2.80. The van der Waals surface area contributed by atoms with Crippen LogP contribution in [-0.2, 0) is 0 Å². The minimum absolute atomic E-state index is 0.0852. The predicted octanol–water partition coefficient (Wildman–Crippen LogP) is 2.94. The van der Waals surface area contributed by atoms with Gasteiger partial charge in [-0.1, -0.05) is 18.2 Å². The van der Waals surface area contributed by atoms with Crippen molar-refractivity contribution in [2.45, 2.75) is 51.0 Å². The second kappa shape index (κ2) is 6.62. The van der Waals surface area contributed by atoms with E-state index in [-0.39, 0.29) is 23.5 Å². The average Bonchev–Trinajstić information content (AvgIpc) is 3.12. The third-order valence-corrected chi connectivity index (χ3v) is 6.98. The highest BCUT2D eigenvalue weighted by Gasteiger charge is 2.48. The number of carbonyl (C=O) groups excluding carboxylic acids is 1. The minimum Gasteiger partial charge on any atom is -0.396 e. The van der Waals surface area contributed by atoms with Crippen LogP contribution in [0.3, 0.4) is 0 Å². The molecule has 3 aliphatic rings. The molecular weight excluding hydrogens is 366 g/mol. The van der Waals surface area contributed by atoms with E-state index in [4.69, 9.17) is 0 Å². The van der Waals surface area contributed by atoms with E-state index in [9.17, 15) is 9.90 Å². The number of carbonyl (C=O) groups is 1. The highest BCUT2D eigenvalue weighted by atomic mass is 16.3. The van der Waals surface area contributed by atoms with Gasteiger partial charge in [-0.15, -0.1) is 0 Å². The summed E-state index contributed by atoms with van der Waals surface area (Å²) in [4.78, 5) is 21.7. The SMILES string of the molecule is Cc1nn(-c2ncc(C(=O)NC34CCC(CO)(CC3)CC4)cn2)c2ccccc12. The van der Waals surface area contributed by atoms with E-state index in [1.54, 1.807) is 17.1 Å². The van der Waals surface area contributed by atoms with Gasteiger partial charge in [-0.25, -0.2) is 9.97 Å². The van der Waals surface area contributed by atoms with Gasteiger partial charge in [0.25, 0.3) is 11.9 Å². The molecule has 1 aromatic carbocycles. The minimum atomic E-state index is -0.151. The van der Waals surface area contributed by atoms with Crippen LogP contribution >= 0.6 is 0 Å². The lowest BCUT2D eigenvalue weighted by atomic mass is 9.57. The molecule has 0 aliphatic heterocycles. The van der Waals surface area contributed by atoms with Crippen molar-refractivity contribution >= 4 is 16.8 Å². The summed E-state index contributed by atoms with van der Waals surface area (Å²) in [6.45, 7) is 2.22. The van der Waals surface area contributed by atoms with Crippen LogP contribution in [0, 0.1) is 12.3 Å². The van der Waals surface area contributed by atoms with Crippen molar-refractivity contribution in [1.82, 2.24) is 25.1 Å². The highest BCUT2D eigenvalue weighted by molar-refractivity contribution is 5.94. The standard InChI is InChI=1S/C22H25N5O2/c1-15-17-4-2-3-5-18(17)27(26-15)20-23-12-16(13-24-20)19(29)25-22-9-6-21(14-28,7-10-22)8-11-22/h2-5,12-13,28H,6-11,14H2,1H3,(H,25,29). The van der Waals surface area contributed by atoms with Crippen molar-refractivity contribution in [3.63, 3.8) is 0 Å².